The summed E-state index contributed by atoms with van der Waals surface area (Å²) in [5.41, 5.74) is 1.46. The van der Waals surface area contributed by atoms with Gasteiger partial charge in [-0.25, -0.2) is 0 Å². The van der Waals surface area contributed by atoms with Crippen LogP contribution in [0.1, 0.15) is 25.3 Å². The van der Waals surface area contributed by atoms with E-state index in [0.717, 1.165) is 17.2 Å². The topological polar surface area (TPSA) is 52.9 Å². The summed E-state index contributed by atoms with van der Waals surface area (Å²) < 4.78 is 5.21. The molecule has 1 atom stereocenters. The third kappa shape index (κ3) is 3.50. The lowest BCUT2D eigenvalue weighted by molar-refractivity contribution is 0.226. The molecular weight excluding hydrogens is 241 g/mol. The van der Waals surface area contributed by atoms with Crippen molar-refractivity contribution in [3.8, 4) is 5.75 Å². The number of benzene rings is 1. The van der Waals surface area contributed by atoms with Gasteiger partial charge < -0.3 is 14.8 Å². The summed E-state index contributed by atoms with van der Waals surface area (Å²) in [5.74, 6) is 1.53. The molecule has 1 aromatic rings. The molecule has 1 aliphatic rings. The highest BCUT2D eigenvalue weighted by molar-refractivity contribution is 6.59. The Morgan fingerprint density at radius 3 is 2.63 bits per heavy atom. The van der Waals surface area contributed by atoms with Gasteiger partial charge in [0, 0.05) is 12.6 Å². The van der Waals surface area contributed by atoms with E-state index in [0.29, 0.717) is 18.0 Å². The molecule has 0 amide bonds. The molecule has 1 aliphatic carbocycles. The van der Waals surface area contributed by atoms with Crippen LogP contribution >= 0.6 is 0 Å². The molecule has 19 heavy (non-hydrogen) atoms. The summed E-state index contributed by atoms with van der Waals surface area (Å²) in [7, 11) is 2.26. The summed E-state index contributed by atoms with van der Waals surface area (Å²) in [6.45, 7) is 2.93. The standard InChI is InChI=1S/C14H22BNO3/c1-10(11-4-5-11)16(2)9-12-8-13(19-3)6-7-14(12)15(17)18/h6-8,10-11,17-18H,4-5,9H2,1-3H3. The first-order valence-electron chi connectivity index (χ1n) is 6.76. The minimum atomic E-state index is -1.44. The highest BCUT2D eigenvalue weighted by Gasteiger charge is 2.31. The van der Waals surface area contributed by atoms with Gasteiger partial charge in [0.2, 0.25) is 0 Å². The van der Waals surface area contributed by atoms with E-state index in [1.54, 1.807) is 19.2 Å². The fraction of sp³-hybridized carbons (Fsp3) is 0.571. The highest BCUT2D eigenvalue weighted by Crippen LogP contribution is 2.35. The maximum absolute atomic E-state index is 9.44. The zero-order valence-corrected chi connectivity index (χ0v) is 11.8. The Balaban J connectivity index is 2.16. The van der Waals surface area contributed by atoms with Gasteiger partial charge in [-0.3, -0.25) is 4.90 Å². The van der Waals surface area contributed by atoms with Crippen molar-refractivity contribution in [1.29, 1.82) is 0 Å². The van der Waals surface area contributed by atoms with Crippen LogP contribution in [0, 0.1) is 5.92 Å². The molecular formula is C14H22BNO3. The van der Waals surface area contributed by atoms with Crippen molar-refractivity contribution in [3.05, 3.63) is 23.8 Å². The number of nitrogens with zero attached hydrogens (tertiary/aromatic N) is 1. The average Bonchev–Trinajstić information content (AvgIpc) is 3.21. The molecule has 1 fully saturated rings. The van der Waals surface area contributed by atoms with Gasteiger partial charge in [-0.15, -0.1) is 0 Å². The zero-order chi connectivity index (χ0) is 14.0. The molecule has 2 N–H and O–H groups in total. The predicted octanol–water partition coefficient (Wildman–Crippen LogP) is 0.605. The molecule has 1 saturated carbocycles. The van der Waals surface area contributed by atoms with E-state index < -0.39 is 7.12 Å². The van der Waals surface area contributed by atoms with Crippen LogP contribution in [0.5, 0.6) is 5.75 Å². The molecule has 1 unspecified atom stereocenters. The molecule has 1 aromatic carbocycles. The number of rotatable bonds is 6. The molecule has 5 heteroatoms. The molecule has 0 bridgehead atoms. The molecule has 0 aromatic heterocycles. The van der Waals surface area contributed by atoms with Crippen LogP contribution in [0.25, 0.3) is 0 Å². The lowest BCUT2D eigenvalue weighted by Gasteiger charge is -2.26. The predicted molar refractivity (Wildman–Crippen MR) is 76.5 cm³/mol. The van der Waals surface area contributed by atoms with E-state index in [2.05, 4.69) is 18.9 Å². The minimum absolute atomic E-state index is 0.523. The van der Waals surface area contributed by atoms with Crippen molar-refractivity contribution >= 4 is 12.6 Å². The monoisotopic (exact) mass is 263 g/mol. The van der Waals surface area contributed by atoms with Gasteiger partial charge >= 0.3 is 7.12 Å². The minimum Gasteiger partial charge on any atom is -0.497 e. The van der Waals surface area contributed by atoms with Gasteiger partial charge in [-0.2, -0.15) is 0 Å². The number of hydrogen-bond donors (Lipinski definition) is 2. The lowest BCUT2D eigenvalue weighted by atomic mass is 9.76. The lowest BCUT2D eigenvalue weighted by Crippen LogP contribution is -2.37. The number of methoxy groups -OCH3 is 1. The maximum Gasteiger partial charge on any atom is 0.488 e. The van der Waals surface area contributed by atoms with E-state index >= 15 is 0 Å². The van der Waals surface area contributed by atoms with Crippen LogP contribution in [0.15, 0.2) is 18.2 Å². The Kier molecular flexibility index (Phi) is 4.50. The normalized spacial score (nSPS) is 16.5. The first kappa shape index (κ1) is 14.4. The Bertz CT molecular complexity index is 435. The van der Waals surface area contributed by atoms with E-state index in [1.165, 1.54) is 12.8 Å². The Morgan fingerprint density at radius 2 is 2.11 bits per heavy atom. The van der Waals surface area contributed by atoms with Crippen LogP contribution in [0.3, 0.4) is 0 Å². The first-order valence-corrected chi connectivity index (χ1v) is 6.76. The van der Waals surface area contributed by atoms with Crippen molar-refractivity contribution in [2.24, 2.45) is 5.92 Å². The van der Waals surface area contributed by atoms with Crippen LogP contribution in [0.2, 0.25) is 0 Å². The Hall–Kier alpha value is -1.04. The highest BCUT2D eigenvalue weighted by atomic mass is 16.5. The summed E-state index contributed by atoms with van der Waals surface area (Å²) >= 11 is 0. The van der Waals surface area contributed by atoms with Gasteiger partial charge in [0.05, 0.1) is 7.11 Å². The smallest absolute Gasteiger partial charge is 0.488 e. The van der Waals surface area contributed by atoms with Crippen molar-refractivity contribution < 1.29 is 14.8 Å². The molecule has 2 rings (SSSR count). The molecule has 0 heterocycles. The summed E-state index contributed by atoms with van der Waals surface area (Å²) in [6.07, 6.45) is 2.61. The fourth-order valence-electron chi connectivity index (χ4n) is 2.45. The molecule has 0 aliphatic heterocycles. The van der Waals surface area contributed by atoms with Crippen LogP contribution < -0.4 is 10.2 Å². The second kappa shape index (κ2) is 5.95. The van der Waals surface area contributed by atoms with Crippen molar-refractivity contribution in [1.82, 2.24) is 4.90 Å². The second-order valence-corrected chi connectivity index (χ2v) is 5.43. The first-order chi connectivity index (χ1) is 9.02. The average molecular weight is 263 g/mol. The third-order valence-electron chi connectivity index (χ3n) is 4.05. The van der Waals surface area contributed by atoms with Gasteiger partial charge in [-0.1, -0.05) is 6.07 Å². The summed E-state index contributed by atoms with van der Waals surface area (Å²) in [4.78, 5) is 2.26. The fourth-order valence-corrected chi connectivity index (χ4v) is 2.45. The van der Waals surface area contributed by atoms with Crippen molar-refractivity contribution in [2.45, 2.75) is 32.4 Å². The Morgan fingerprint density at radius 1 is 1.42 bits per heavy atom. The maximum atomic E-state index is 9.44. The molecule has 0 saturated heterocycles. The van der Waals surface area contributed by atoms with Crippen molar-refractivity contribution in [2.75, 3.05) is 14.2 Å². The van der Waals surface area contributed by atoms with Crippen LogP contribution in [0.4, 0.5) is 0 Å². The van der Waals surface area contributed by atoms with Gasteiger partial charge in [-0.05, 0) is 55.9 Å². The van der Waals surface area contributed by atoms with Gasteiger partial charge in [0.15, 0.2) is 0 Å². The molecule has 0 radical (unpaired) electrons. The summed E-state index contributed by atoms with van der Waals surface area (Å²) in [6, 6.07) is 5.87. The quantitative estimate of drug-likeness (QED) is 0.738. The third-order valence-corrected chi connectivity index (χ3v) is 4.05. The second-order valence-electron chi connectivity index (χ2n) is 5.43. The van der Waals surface area contributed by atoms with Crippen LogP contribution in [-0.2, 0) is 6.54 Å². The summed E-state index contributed by atoms with van der Waals surface area (Å²) in [5, 5.41) is 18.9. The van der Waals surface area contributed by atoms with E-state index in [-0.39, 0.29) is 0 Å². The van der Waals surface area contributed by atoms with Crippen LogP contribution in [-0.4, -0.2) is 42.3 Å². The number of ether oxygens (including phenoxy) is 1. The molecule has 4 nitrogen and oxygen atoms in total. The van der Waals surface area contributed by atoms with Gasteiger partial charge in [0.25, 0.3) is 0 Å². The number of hydrogen-bond acceptors (Lipinski definition) is 4. The van der Waals surface area contributed by atoms with E-state index in [4.69, 9.17) is 4.74 Å². The molecule has 104 valence electrons. The van der Waals surface area contributed by atoms with E-state index in [1.807, 2.05) is 6.07 Å². The van der Waals surface area contributed by atoms with Crippen molar-refractivity contribution in [3.63, 3.8) is 0 Å². The van der Waals surface area contributed by atoms with Gasteiger partial charge in [0.1, 0.15) is 5.75 Å². The SMILES string of the molecule is COc1ccc(B(O)O)c(CN(C)C(C)C2CC2)c1. The van der Waals surface area contributed by atoms with E-state index in [9.17, 15) is 10.0 Å². The Labute approximate surface area is 115 Å². The largest absolute Gasteiger partial charge is 0.497 e. The zero-order valence-electron chi connectivity index (χ0n) is 11.8. The molecule has 0 spiro atoms.